The molecule has 4 aromatic heterocycles. The van der Waals surface area contributed by atoms with Gasteiger partial charge < -0.3 is 4.52 Å². The van der Waals surface area contributed by atoms with Crippen LogP contribution in [0.25, 0.3) is 39.3 Å². The first-order valence-corrected chi connectivity index (χ1v) is 9.50. The van der Waals surface area contributed by atoms with Crippen LogP contribution in [0.5, 0.6) is 0 Å². The summed E-state index contributed by atoms with van der Waals surface area (Å²) in [4.78, 5) is 21.9. The molecule has 9 heteroatoms. The fraction of sp³-hybridized carbons (Fsp3) is 0.250. The van der Waals surface area contributed by atoms with E-state index in [1.165, 1.54) is 10.6 Å². The molecule has 0 aliphatic heterocycles. The molecule has 0 bridgehead atoms. The van der Waals surface area contributed by atoms with Crippen molar-refractivity contribution < 1.29 is 4.52 Å². The van der Waals surface area contributed by atoms with E-state index in [9.17, 15) is 4.79 Å². The fourth-order valence-electron chi connectivity index (χ4n) is 3.61. The molecular weight excluding hydrogens is 370 g/mol. The van der Waals surface area contributed by atoms with Crippen LogP contribution in [0.2, 0.25) is 0 Å². The molecule has 5 aromatic rings. The SMILES string of the molecule is CCc1[nH]n2c(=O)cc(-c3ccc4c(cnn4CC)c3)nc2c1-c1nc(C)no1. The third-order valence-electron chi connectivity index (χ3n) is 5.02. The molecule has 29 heavy (non-hydrogen) atoms. The number of fused-ring (bicyclic) bond motifs is 2. The Bertz CT molecular complexity index is 1420. The van der Waals surface area contributed by atoms with Gasteiger partial charge in [-0.2, -0.15) is 10.1 Å². The third kappa shape index (κ3) is 2.65. The Labute approximate surface area is 165 Å². The van der Waals surface area contributed by atoms with Crippen LogP contribution < -0.4 is 5.56 Å². The van der Waals surface area contributed by atoms with E-state index in [4.69, 9.17) is 9.51 Å². The Morgan fingerprint density at radius 2 is 2.03 bits per heavy atom. The predicted octanol–water partition coefficient (Wildman–Crippen LogP) is 2.98. The molecule has 1 aromatic carbocycles. The summed E-state index contributed by atoms with van der Waals surface area (Å²) in [5.41, 5.74) is 4.22. The minimum absolute atomic E-state index is 0.202. The van der Waals surface area contributed by atoms with Gasteiger partial charge in [-0.1, -0.05) is 18.1 Å². The van der Waals surface area contributed by atoms with Crippen molar-refractivity contribution >= 4 is 16.6 Å². The Kier molecular flexibility index (Phi) is 3.83. The first-order chi connectivity index (χ1) is 14.1. The highest BCUT2D eigenvalue weighted by atomic mass is 16.5. The molecule has 0 saturated heterocycles. The van der Waals surface area contributed by atoms with E-state index in [1.54, 1.807) is 6.92 Å². The molecule has 4 heterocycles. The van der Waals surface area contributed by atoms with E-state index in [0.717, 1.165) is 28.7 Å². The molecule has 0 fully saturated rings. The number of hydrogen-bond donors (Lipinski definition) is 1. The zero-order valence-corrected chi connectivity index (χ0v) is 16.3. The number of benzene rings is 1. The molecule has 0 aliphatic carbocycles. The molecule has 0 aliphatic rings. The highest BCUT2D eigenvalue weighted by Crippen LogP contribution is 2.28. The standard InChI is InChI=1S/C20H19N7O2/c1-4-14-18(20-22-11(3)25-29-20)19-23-15(9-17(28)27(19)24-14)12-6-7-16-13(8-12)10-21-26(16)5-2/h6-10,24H,4-5H2,1-3H3. The Hall–Kier alpha value is -3.75. The summed E-state index contributed by atoms with van der Waals surface area (Å²) < 4.78 is 8.72. The number of aromatic amines is 1. The smallest absolute Gasteiger partial charge is 0.273 e. The fourth-order valence-corrected chi connectivity index (χ4v) is 3.61. The molecule has 0 saturated carbocycles. The van der Waals surface area contributed by atoms with E-state index in [1.807, 2.05) is 36.0 Å². The number of aromatic nitrogens is 7. The molecule has 146 valence electrons. The second kappa shape index (κ2) is 6.40. The topological polar surface area (TPSA) is 107 Å². The minimum Gasteiger partial charge on any atom is -0.334 e. The summed E-state index contributed by atoms with van der Waals surface area (Å²) in [6.07, 6.45) is 2.49. The highest BCUT2D eigenvalue weighted by molar-refractivity contribution is 5.84. The first-order valence-electron chi connectivity index (χ1n) is 9.50. The van der Waals surface area contributed by atoms with Gasteiger partial charge in [0, 0.05) is 29.3 Å². The number of nitrogens with zero attached hydrogens (tertiary/aromatic N) is 6. The van der Waals surface area contributed by atoms with E-state index in [0.29, 0.717) is 35.0 Å². The van der Waals surface area contributed by atoms with E-state index in [2.05, 4.69) is 27.3 Å². The van der Waals surface area contributed by atoms with Gasteiger partial charge in [-0.15, -0.1) is 0 Å². The number of hydrogen-bond acceptors (Lipinski definition) is 6. The van der Waals surface area contributed by atoms with Crippen molar-refractivity contribution in [2.75, 3.05) is 0 Å². The maximum atomic E-state index is 12.8. The lowest BCUT2D eigenvalue weighted by atomic mass is 10.1. The Balaban J connectivity index is 1.74. The summed E-state index contributed by atoms with van der Waals surface area (Å²) in [6.45, 7) is 6.59. The second-order valence-electron chi connectivity index (χ2n) is 6.84. The molecule has 0 unspecified atom stereocenters. The van der Waals surface area contributed by atoms with Gasteiger partial charge in [0.15, 0.2) is 11.5 Å². The van der Waals surface area contributed by atoms with Crippen LogP contribution in [0, 0.1) is 6.92 Å². The molecule has 0 amide bonds. The number of rotatable bonds is 4. The molecule has 5 rings (SSSR count). The molecule has 0 spiro atoms. The van der Waals surface area contributed by atoms with Crippen LogP contribution in [-0.4, -0.2) is 34.5 Å². The number of aryl methyl sites for hydroxylation is 3. The van der Waals surface area contributed by atoms with Gasteiger partial charge in [-0.05, 0) is 32.4 Å². The summed E-state index contributed by atoms with van der Waals surface area (Å²) >= 11 is 0. The quantitative estimate of drug-likeness (QED) is 0.506. The summed E-state index contributed by atoms with van der Waals surface area (Å²) in [7, 11) is 0. The second-order valence-corrected chi connectivity index (χ2v) is 6.84. The van der Waals surface area contributed by atoms with Crippen molar-refractivity contribution in [2.24, 2.45) is 0 Å². The average molecular weight is 389 g/mol. The van der Waals surface area contributed by atoms with Gasteiger partial charge >= 0.3 is 0 Å². The van der Waals surface area contributed by atoms with Crippen molar-refractivity contribution in [3.8, 4) is 22.7 Å². The average Bonchev–Trinajstić information content (AvgIpc) is 3.43. The minimum atomic E-state index is -0.202. The molecule has 9 nitrogen and oxygen atoms in total. The largest absolute Gasteiger partial charge is 0.334 e. The molecule has 1 N–H and O–H groups in total. The van der Waals surface area contributed by atoms with Gasteiger partial charge in [-0.3, -0.25) is 14.6 Å². The first kappa shape index (κ1) is 17.4. The van der Waals surface area contributed by atoms with Gasteiger partial charge in [0.2, 0.25) is 0 Å². The van der Waals surface area contributed by atoms with Crippen LogP contribution >= 0.6 is 0 Å². The van der Waals surface area contributed by atoms with Crippen molar-refractivity contribution in [1.29, 1.82) is 0 Å². The van der Waals surface area contributed by atoms with E-state index in [-0.39, 0.29) is 5.56 Å². The maximum absolute atomic E-state index is 12.8. The van der Waals surface area contributed by atoms with Gasteiger partial charge in [0.25, 0.3) is 11.4 Å². The van der Waals surface area contributed by atoms with Gasteiger partial charge in [0.05, 0.1) is 17.4 Å². The lowest BCUT2D eigenvalue weighted by Crippen LogP contribution is -2.14. The van der Waals surface area contributed by atoms with Crippen LogP contribution in [0.3, 0.4) is 0 Å². The van der Waals surface area contributed by atoms with E-state index < -0.39 is 0 Å². The molecule has 0 atom stereocenters. The Morgan fingerprint density at radius 3 is 2.76 bits per heavy atom. The van der Waals surface area contributed by atoms with Crippen molar-refractivity contribution in [3.05, 3.63) is 52.3 Å². The van der Waals surface area contributed by atoms with Gasteiger partial charge in [0.1, 0.15) is 5.56 Å². The monoisotopic (exact) mass is 389 g/mol. The number of H-pyrrole nitrogens is 1. The molecular formula is C20H19N7O2. The zero-order valence-electron chi connectivity index (χ0n) is 16.3. The lowest BCUT2D eigenvalue weighted by Gasteiger charge is -2.04. The van der Waals surface area contributed by atoms with Crippen LogP contribution in [-0.2, 0) is 13.0 Å². The summed E-state index contributed by atoms with van der Waals surface area (Å²) in [6, 6.07) is 7.48. The number of nitrogens with one attached hydrogen (secondary N) is 1. The van der Waals surface area contributed by atoms with Crippen LogP contribution in [0.1, 0.15) is 25.4 Å². The van der Waals surface area contributed by atoms with E-state index >= 15 is 0 Å². The third-order valence-corrected chi connectivity index (χ3v) is 5.02. The highest BCUT2D eigenvalue weighted by Gasteiger charge is 2.21. The summed E-state index contributed by atoms with van der Waals surface area (Å²) in [5, 5.41) is 12.4. The van der Waals surface area contributed by atoms with Crippen molar-refractivity contribution in [3.63, 3.8) is 0 Å². The van der Waals surface area contributed by atoms with Crippen molar-refractivity contribution in [1.82, 2.24) is 34.5 Å². The van der Waals surface area contributed by atoms with Crippen LogP contribution in [0.15, 0.2) is 39.8 Å². The molecule has 0 radical (unpaired) electrons. The summed E-state index contributed by atoms with van der Waals surface area (Å²) in [5.74, 6) is 0.875. The predicted molar refractivity (Wildman–Crippen MR) is 108 cm³/mol. The maximum Gasteiger partial charge on any atom is 0.273 e. The normalized spacial score (nSPS) is 11.7. The lowest BCUT2D eigenvalue weighted by molar-refractivity contribution is 0.425. The Morgan fingerprint density at radius 1 is 1.17 bits per heavy atom. The zero-order chi connectivity index (χ0) is 20.1. The van der Waals surface area contributed by atoms with Crippen molar-refractivity contribution in [2.45, 2.75) is 33.7 Å². The van der Waals surface area contributed by atoms with Crippen LogP contribution in [0.4, 0.5) is 0 Å². The van der Waals surface area contributed by atoms with Gasteiger partial charge in [-0.25, -0.2) is 9.50 Å².